The van der Waals surface area contributed by atoms with Gasteiger partial charge in [0.2, 0.25) is 5.91 Å². The highest BCUT2D eigenvalue weighted by Crippen LogP contribution is 2.24. The number of aromatic nitrogens is 3. The predicted molar refractivity (Wildman–Crippen MR) is 120 cm³/mol. The quantitative estimate of drug-likeness (QED) is 0.514. The summed E-state index contributed by atoms with van der Waals surface area (Å²) in [5.41, 5.74) is -0.611. The molecule has 0 saturated heterocycles. The molecule has 1 N–H and O–H groups in total. The Morgan fingerprint density at radius 3 is 2.47 bits per heavy atom. The van der Waals surface area contributed by atoms with Crippen LogP contribution in [0.3, 0.4) is 0 Å². The summed E-state index contributed by atoms with van der Waals surface area (Å²) in [7, 11) is 0. The standard InChI is InChI=1S/C23H31FN4O6/c1-7-8-18(30)26-20(17(29)11-24)19(22(32)33-23(4,5)6)15-9-10-25-28(21(15)31)12-16-13(2)27-34-14(16)3/h9-10,19-20H,7-8,11-12H2,1-6H3,(H,26,30). The third-order valence-electron chi connectivity index (χ3n) is 5.03. The molecule has 0 aliphatic rings. The monoisotopic (exact) mass is 478 g/mol. The molecule has 0 aliphatic carbocycles. The van der Waals surface area contributed by atoms with Crippen molar-refractivity contribution in [1.29, 1.82) is 0 Å². The number of amides is 1. The maximum Gasteiger partial charge on any atom is 0.316 e. The summed E-state index contributed by atoms with van der Waals surface area (Å²) in [5, 5.41) is 10.3. The third kappa shape index (κ3) is 6.58. The molecule has 11 heteroatoms. The summed E-state index contributed by atoms with van der Waals surface area (Å²) in [5.74, 6) is -3.61. The Bertz CT molecular complexity index is 1080. The Hall–Kier alpha value is -3.37. The number of Topliss-reactive ketones (excluding diaryl/α,β-unsaturated/α-hetero) is 1. The number of hydrogen-bond donors (Lipinski definition) is 1. The molecule has 0 radical (unpaired) electrons. The SMILES string of the molecule is CCCC(=O)NC(C(=O)CF)C(C(=O)OC(C)(C)C)c1ccnn(Cc2c(C)noc2C)c1=O. The van der Waals surface area contributed by atoms with Crippen LogP contribution in [0.25, 0.3) is 0 Å². The molecule has 2 rings (SSSR count). The van der Waals surface area contributed by atoms with Gasteiger partial charge in [0, 0.05) is 23.7 Å². The average Bonchev–Trinajstić information content (AvgIpc) is 3.06. The molecule has 0 spiro atoms. The molecule has 10 nitrogen and oxygen atoms in total. The smallest absolute Gasteiger partial charge is 0.316 e. The van der Waals surface area contributed by atoms with Crippen LogP contribution in [0.4, 0.5) is 4.39 Å². The van der Waals surface area contributed by atoms with E-state index in [0.29, 0.717) is 23.4 Å². The lowest BCUT2D eigenvalue weighted by atomic mass is 9.89. The number of esters is 1. The Balaban J connectivity index is 2.62. The van der Waals surface area contributed by atoms with Crippen LogP contribution in [0.15, 0.2) is 21.6 Å². The largest absolute Gasteiger partial charge is 0.459 e. The van der Waals surface area contributed by atoms with Gasteiger partial charge in [0.25, 0.3) is 5.56 Å². The highest BCUT2D eigenvalue weighted by Gasteiger charge is 2.40. The predicted octanol–water partition coefficient (Wildman–Crippen LogP) is 2.15. The van der Waals surface area contributed by atoms with E-state index in [1.165, 1.54) is 12.3 Å². The lowest BCUT2D eigenvalue weighted by Gasteiger charge is -2.28. The van der Waals surface area contributed by atoms with Gasteiger partial charge in [-0.25, -0.2) is 9.07 Å². The van der Waals surface area contributed by atoms with E-state index in [2.05, 4.69) is 15.6 Å². The highest BCUT2D eigenvalue weighted by molar-refractivity contribution is 5.96. The summed E-state index contributed by atoms with van der Waals surface area (Å²) in [6.45, 7) is 8.57. The van der Waals surface area contributed by atoms with Crippen molar-refractivity contribution in [2.24, 2.45) is 0 Å². The van der Waals surface area contributed by atoms with Crippen molar-refractivity contribution in [2.45, 2.75) is 78.5 Å². The topological polar surface area (TPSA) is 133 Å². The fourth-order valence-corrected chi connectivity index (χ4v) is 3.41. The first-order valence-electron chi connectivity index (χ1n) is 11.0. The number of carbonyl (C=O) groups excluding carboxylic acids is 3. The zero-order valence-electron chi connectivity index (χ0n) is 20.3. The first-order valence-corrected chi connectivity index (χ1v) is 11.0. The number of alkyl halides is 1. The molecule has 0 aromatic carbocycles. The lowest BCUT2D eigenvalue weighted by molar-refractivity contribution is -0.158. The van der Waals surface area contributed by atoms with Gasteiger partial charge >= 0.3 is 5.97 Å². The minimum absolute atomic E-state index is 0.00119. The van der Waals surface area contributed by atoms with Crippen molar-refractivity contribution < 1.29 is 28.0 Å². The zero-order valence-corrected chi connectivity index (χ0v) is 20.3. The number of hydrogen-bond acceptors (Lipinski definition) is 8. The second-order valence-corrected chi connectivity index (χ2v) is 8.96. The van der Waals surface area contributed by atoms with Crippen LogP contribution in [-0.4, -0.2) is 50.9 Å². The van der Waals surface area contributed by atoms with E-state index in [-0.39, 0.29) is 18.5 Å². The number of aryl methyl sites for hydroxylation is 2. The molecule has 0 bridgehead atoms. The molecule has 186 valence electrons. The van der Waals surface area contributed by atoms with Gasteiger partial charge in [-0.3, -0.25) is 19.2 Å². The van der Waals surface area contributed by atoms with Crippen LogP contribution in [-0.2, 0) is 25.7 Å². The second-order valence-electron chi connectivity index (χ2n) is 8.96. The number of rotatable bonds is 10. The van der Waals surface area contributed by atoms with Gasteiger partial charge < -0.3 is 14.6 Å². The van der Waals surface area contributed by atoms with E-state index in [4.69, 9.17) is 9.26 Å². The highest BCUT2D eigenvalue weighted by atomic mass is 19.1. The van der Waals surface area contributed by atoms with Gasteiger partial charge in [-0.15, -0.1) is 0 Å². The Morgan fingerprint density at radius 2 is 1.94 bits per heavy atom. The number of nitrogens with one attached hydrogen (secondary N) is 1. The van der Waals surface area contributed by atoms with Gasteiger partial charge in [-0.05, 0) is 47.1 Å². The molecular formula is C23H31FN4O6. The second kappa shape index (κ2) is 11.2. The van der Waals surface area contributed by atoms with Gasteiger partial charge in [0.1, 0.15) is 30.0 Å². The van der Waals surface area contributed by atoms with Crippen molar-refractivity contribution in [3.8, 4) is 0 Å². The van der Waals surface area contributed by atoms with E-state index < -0.39 is 47.5 Å². The average molecular weight is 479 g/mol. The summed E-state index contributed by atoms with van der Waals surface area (Å²) in [4.78, 5) is 51.4. The molecule has 2 aromatic heterocycles. The fourth-order valence-electron chi connectivity index (χ4n) is 3.41. The Kier molecular flexibility index (Phi) is 8.83. The molecule has 2 aromatic rings. The third-order valence-corrected chi connectivity index (χ3v) is 5.03. The molecule has 1 amide bonds. The van der Waals surface area contributed by atoms with Gasteiger partial charge in [-0.2, -0.15) is 5.10 Å². The van der Waals surface area contributed by atoms with Crippen LogP contribution in [0.5, 0.6) is 0 Å². The molecule has 2 unspecified atom stereocenters. The molecule has 34 heavy (non-hydrogen) atoms. The lowest BCUT2D eigenvalue weighted by Crippen LogP contribution is -2.50. The number of carbonyl (C=O) groups is 3. The maximum atomic E-state index is 13.5. The number of halogens is 1. The van der Waals surface area contributed by atoms with Gasteiger partial charge in [0.15, 0.2) is 5.78 Å². The first kappa shape index (κ1) is 26.9. The van der Waals surface area contributed by atoms with Crippen molar-refractivity contribution in [3.05, 3.63) is 45.2 Å². The minimum atomic E-state index is -1.62. The minimum Gasteiger partial charge on any atom is -0.459 e. The number of nitrogens with zero attached hydrogens (tertiary/aromatic N) is 3. The van der Waals surface area contributed by atoms with Crippen molar-refractivity contribution in [1.82, 2.24) is 20.3 Å². The van der Waals surface area contributed by atoms with E-state index in [1.54, 1.807) is 41.5 Å². The normalized spacial score (nSPS) is 13.3. The molecule has 0 aliphatic heterocycles. The van der Waals surface area contributed by atoms with Crippen molar-refractivity contribution in [3.63, 3.8) is 0 Å². The van der Waals surface area contributed by atoms with Crippen LogP contribution in [0.2, 0.25) is 0 Å². The van der Waals surface area contributed by atoms with E-state index >= 15 is 0 Å². The van der Waals surface area contributed by atoms with Crippen LogP contribution >= 0.6 is 0 Å². The molecule has 2 atom stereocenters. The van der Waals surface area contributed by atoms with Crippen molar-refractivity contribution >= 4 is 17.7 Å². The van der Waals surface area contributed by atoms with Gasteiger partial charge in [-0.1, -0.05) is 12.1 Å². The van der Waals surface area contributed by atoms with E-state index in [0.717, 1.165) is 4.68 Å². The molecule has 0 saturated carbocycles. The fraction of sp³-hybridized carbons (Fsp3) is 0.565. The van der Waals surface area contributed by atoms with Crippen LogP contribution in [0, 0.1) is 13.8 Å². The van der Waals surface area contributed by atoms with E-state index in [1.807, 2.05) is 0 Å². The molecule has 0 fully saturated rings. The summed E-state index contributed by atoms with van der Waals surface area (Å²) >= 11 is 0. The Labute approximate surface area is 196 Å². The van der Waals surface area contributed by atoms with Crippen molar-refractivity contribution in [2.75, 3.05) is 6.67 Å². The van der Waals surface area contributed by atoms with Gasteiger partial charge in [0.05, 0.1) is 12.2 Å². The number of ether oxygens (including phenoxy) is 1. The number of ketones is 1. The van der Waals surface area contributed by atoms with Crippen LogP contribution < -0.4 is 10.9 Å². The first-order chi connectivity index (χ1) is 15.9. The van der Waals surface area contributed by atoms with E-state index in [9.17, 15) is 23.6 Å². The summed E-state index contributed by atoms with van der Waals surface area (Å²) < 4.78 is 25.2. The molecular weight excluding hydrogens is 447 g/mol. The maximum absolute atomic E-state index is 13.5. The Morgan fingerprint density at radius 1 is 1.26 bits per heavy atom. The zero-order chi connectivity index (χ0) is 25.6. The summed E-state index contributed by atoms with van der Waals surface area (Å²) in [6.07, 6.45) is 1.82. The molecule has 2 heterocycles. The van der Waals surface area contributed by atoms with Crippen LogP contribution in [0.1, 0.15) is 69.0 Å². The summed E-state index contributed by atoms with van der Waals surface area (Å²) in [6, 6.07) is -0.355.